The standard InChI is InChI=1S/C13H16O2/c1-15-10-13(6-3-7-13)12-5-2-4-11(8-12)9-14/h2,4-5,8-9H,3,6-7,10H2,1H3. The molecule has 80 valence electrons. The molecule has 1 aromatic carbocycles. The van der Waals surface area contributed by atoms with E-state index in [2.05, 4.69) is 6.07 Å². The molecule has 0 aromatic heterocycles. The van der Waals surface area contributed by atoms with Crippen molar-refractivity contribution in [1.82, 2.24) is 0 Å². The van der Waals surface area contributed by atoms with Crippen molar-refractivity contribution in [3.63, 3.8) is 0 Å². The quantitative estimate of drug-likeness (QED) is 0.704. The Morgan fingerprint density at radius 1 is 1.47 bits per heavy atom. The van der Waals surface area contributed by atoms with Crippen molar-refractivity contribution in [3.8, 4) is 0 Å². The van der Waals surface area contributed by atoms with Crippen LogP contribution in [0, 0.1) is 0 Å². The first-order chi connectivity index (χ1) is 7.30. The Bertz CT molecular complexity index is 353. The highest BCUT2D eigenvalue weighted by Gasteiger charge is 2.38. The highest BCUT2D eigenvalue weighted by atomic mass is 16.5. The predicted molar refractivity (Wildman–Crippen MR) is 59.2 cm³/mol. The van der Waals surface area contributed by atoms with Crippen molar-refractivity contribution in [2.24, 2.45) is 0 Å². The summed E-state index contributed by atoms with van der Waals surface area (Å²) in [7, 11) is 1.74. The number of aldehydes is 1. The van der Waals surface area contributed by atoms with Gasteiger partial charge in [-0.3, -0.25) is 4.79 Å². The molecule has 0 spiro atoms. The molecule has 15 heavy (non-hydrogen) atoms. The Labute approximate surface area is 90.3 Å². The van der Waals surface area contributed by atoms with E-state index in [1.165, 1.54) is 24.8 Å². The van der Waals surface area contributed by atoms with E-state index in [9.17, 15) is 4.79 Å². The van der Waals surface area contributed by atoms with Gasteiger partial charge in [0.05, 0.1) is 6.61 Å². The van der Waals surface area contributed by atoms with Gasteiger partial charge in [0.25, 0.3) is 0 Å². The molecule has 0 N–H and O–H groups in total. The fourth-order valence-corrected chi connectivity index (χ4v) is 2.34. The lowest BCUT2D eigenvalue weighted by Gasteiger charge is -2.42. The Morgan fingerprint density at radius 2 is 2.27 bits per heavy atom. The SMILES string of the molecule is COCC1(c2cccc(C=O)c2)CCC1. The summed E-state index contributed by atoms with van der Waals surface area (Å²) >= 11 is 0. The van der Waals surface area contributed by atoms with Crippen LogP contribution in [0.15, 0.2) is 24.3 Å². The van der Waals surface area contributed by atoms with Crippen molar-refractivity contribution in [3.05, 3.63) is 35.4 Å². The van der Waals surface area contributed by atoms with Gasteiger partial charge in [0.15, 0.2) is 0 Å². The number of carbonyl (C=O) groups is 1. The molecule has 0 radical (unpaired) electrons. The van der Waals surface area contributed by atoms with Crippen molar-refractivity contribution in [2.75, 3.05) is 13.7 Å². The number of hydrogen-bond donors (Lipinski definition) is 0. The van der Waals surface area contributed by atoms with Crippen LogP contribution in [0.2, 0.25) is 0 Å². The molecule has 1 aliphatic rings. The van der Waals surface area contributed by atoms with Gasteiger partial charge in [-0.1, -0.05) is 24.6 Å². The van der Waals surface area contributed by atoms with Crippen molar-refractivity contribution < 1.29 is 9.53 Å². The second-order valence-corrected chi connectivity index (χ2v) is 4.31. The molecule has 2 nitrogen and oxygen atoms in total. The van der Waals surface area contributed by atoms with E-state index in [0.717, 1.165) is 18.5 Å². The lowest BCUT2D eigenvalue weighted by molar-refractivity contribution is 0.0791. The highest BCUT2D eigenvalue weighted by molar-refractivity contribution is 5.75. The van der Waals surface area contributed by atoms with Crippen LogP contribution < -0.4 is 0 Å². The summed E-state index contributed by atoms with van der Waals surface area (Å²) in [6.45, 7) is 0.759. The van der Waals surface area contributed by atoms with Crippen LogP contribution in [0.4, 0.5) is 0 Å². The van der Waals surface area contributed by atoms with Crippen LogP contribution >= 0.6 is 0 Å². The molecule has 0 bridgehead atoms. The molecule has 0 heterocycles. The Kier molecular flexibility index (Phi) is 2.87. The van der Waals surface area contributed by atoms with Crippen LogP contribution in [-0.2, 0) is 10.2 Å². The smallest absolute Gasteiger partial charge is 0.150 e. The van der Waals surface area contributed by atoms with Gasteiger partial charge < -0.3 is 4.74 Å². The second kappa shape index (κ2) is 4.15. The van der Waals surface area contributed by atoms with E-state index >= 15 is 0 Å². The van der Waals surface area contributed by atoms with Gasteiger partial charge in [0, 0.05) is 18.1 Å². The minimum atomic E-state index is 0.174. The number of hydrogen-bond acceptors (Lipinski definition) is 2. The number of methoxy groups -OCH3 is 1. The topological polar surface area (TPSA) is 26.3 Å². The average molecular weight is 204 g/mol. The zero-order valence-electron chi connectivity index (χ0n) is 9.03. The van der Waals surface area contributed by atoms with Crippen LogP contribution in [0.5, 0.6) is 0 Å². The summed E-state index contributed by atoms with van der Waals surface area (Å²) in [4.78, 5) is 10.7. The molecular formula is C13H16O2. The lowest BCUT2D eigenvalue weighted by atomic mass is 9.65. The lowest BCUT2D eigenvalue weighted by Crippen LogP contribution is -2.38. The summed E-state index contributed by atoms with van der Waals surface area (Å²) < 4.78 is 5.29. The first-order valence-corrected chi connectivity index (χ1v) is 5.35. The van der Waals surface area contributed by atoms with E-state index < -0.39 is 0 Å². The van der Waals surface area contributed by atoms with Crippen LogP contribution in [-0.4, -0.2) is 20.0 Å². The summed E-state index contributed by atoms with van der Waals surface area (Å²) in [5, 5.41) is 0. The third-order valence-corrected chi connectivity index (χ3v) is 3.37. The Morgan fingerprint density at radius 3 is 2.80 bits per heavy atom. The van der Waals surface area contributed by atoms with Crippen molar-refractivity contribution in [2.45, 2.75) is 24.7 Å². The molecule has 0 atom stereocenters. The molecule has 0 amide bonds. The number of ether oxygens (including phenoxy) is 1. The fourth-order valence-electron chi connectivity index (χ4n) is 2.34. The molecule has 1 aromatic rings. The van der Waals surface area contributed by atoms with Gasteiger partial charge in [-0.25, -0.2) is 0 Å². The maximum Gasteiger partial charge on any atom is 0.150 e. The summed E-state index contributed by atoms with van der Waals surface area (Å²) in [5.74, 6) is 0. The highest BCUT2D eigenvalue weighted by Crippen LogP contribution is 2.43. The Balaban J connectivity index is 2.29. The maximum atomic E-state index is 10.7. The largest absolute Gasteiger partial charge is 0.384 e. The van der Waals surface area contributed by atoms with Crippen molar-refractivity contribution >= 4 is 6.29 Å². The molecule has 0 unspecified atom stereocenters. The maximum absolute atomic E-state index is 10.7. The molecule has 0 aliphatic heterocycles. The third kappa shape index (κ3) is 1.82. The summed E-state index contributed by atoms with van der Waals surface area (Å²) in [6.07, 6.45) is 4.50. The van der Waals surface area contributed by atoms with E-state index in [-0.39, 0.29) is 5.41 Å². The summed E-state index contributed by atoms with van der Waals surface area (Å²) in [5.41, 5.74) is 2.18. The predicted octanol–water partition coefficient (Wildman–Crippen LogP) is 2.57. The van der Waals surface area contributed by atoms with Gasteiger partial charge in [-0.15, -0.1) is 0 Å². The van der Waals surface area contributed by atoms with E-state index in [4.69, 9.17) is 4.74 Å². The van der Waals surface area contributed by atoms with Gasteiger partial charge in [-0.2, -0.15) is 0 Å². The fraction of sp³-hybridized carbons (Fsp3) is 0.462. The first-order valence-electron chi connectivity index (χ1n) is 5.35. The van der Waals surface area contributed by atoms with Crippen LogP contribution in [0.25, 0.3) is 0 Å². The zero-order valence-corrected chi connectivity index (χ0v) is 9.03. The zero-order chi connectivity index (χ0) is 10.7. The number of benzene rings is 1. The number of carbonyl (C=O) groups excluding carboxylic acids is 1. The molecular weight excluding hydrogens is 188 g/mol. The van der Waals surface area contributed by atoms with Gasteiger partial charge in [-0.05, 0) is 24.5 Å². The molecule has 2 heteroatoms. The second-order valence-electron chi connectivity index (χ2n) is 4.31. The molecule has 1 fully saturated rings. The Hall–Kier alpha value is -1.15. The minimum Gasteiger partial charge on any atom is -0.384 e. The van der Waals surface area contributed by atoms with Gasteiger partial charge in [0.1, 0.15) is 6.29 Å². The monoisotopic (exact) mass is 204 g/mol. The average Bonchev–Trinajstić information content (AvgIpc) is 2.23. The molecule has 2 rings (SSSR count). The summed E-state index contributed by atoms with van der Waals surface area (Å²) in [6, 6.07) is 7.89. The van der Waals surface area contributed by atoms with E-state index in [1.807, 2.05) is 18.2 Å². The van der Waals surface area contributed by atoms with Crippen LogP contribution in [0.1, 0.15) is 35.2 Å². The minimum absolute atomic E-state index is 0.174. The number of rotatable bonds is 4. The first kappa shape index (κ1) is 10.4. The molecule has 1 saturated carbocycles. The van der Waals surface area contributed by atoms with E-state index in [1.54, 1.807) is 7.11 Å². The molecule has 1 aliphatic carbocycles. The molecule has 0 saturated heterocycles. The van der Waals surface area contributed by atoms with E-state index in [0.29, 0.717) is 0 Å². The van der Waals surface area contributed by atoms with Gasteiger partial charge in [0.2, 0.25) is 0 Å². The van der Waals surface area contributed by atoms with Crippen LogP contribution in [0.3, 0.4) is 0 Å². The van der Waals surface area contributed by atoms with Gasteiger partial charge >= 0.3 is 0 Å². The normalized spacial score (nSPS) is 18.2. The van der Waals surface area contributed by atoms with Crippen molar-refractivity contribution in [1.29, 1.82) is 0 Å². The third-order valence-electron chi connectivity index (χ3n) is 3.37.